The Hall–Kier alpha value is -3.81. The Morgan fingerprint density at radius 2 is 1.69 bits per heavy atom. The van der Waals surface area contributed by atoms with E-state index >= 15 is 0 Å². The van der Waals surface area contributed by atoms with Gasteiger partial charge in [0, 0.05) is 11.6 Å². The van der Waals surface area contributed by atoms with E-state index in [1.807, 2.05) is 43.3 Å². The van der Waals surface area contributed by atoms with Gasteiger partial charge in [-0.05, 0) is 55.0 Å². The number of rotatable bonds is 11. The maximum absolute atomic E-state index is 12.2. The lowest BCUT2D eigenvalue weighted by Gasteiger charge is -2.10. The molecule has 0 atom stereocenters. The Morgan fingerprint density at radius 1 is 0.906 bits per heavy atom. The van der Waals surface area contributed by atoms with Gasteiger partial charge in [-0.25, -0.2) is 0 Å². The van der Waals surface area contributed by atoms with E-state index in [-0.39, 0.29) is 18.9 Å². The number of carbonyl (C=O) groups excluding carboxylic acids is 1. The van der Waals surface area contributed by atoms with Crippen LogP contribution in [0.4, 0.5) is 0 Å². The molecule has 0 radical (unpaired) electrons. The van der Waals surface area contributed by atoms with E-state index in [4.69, 9.17) is 18.9 Å². The summed E-state index contributed by atoms with van der Waals surface area (Å²) in [6, 6.07) is 16.7. The molecule has 1 aromatic heterocycles. The van der Waals surface area contributed by atoms with Crippen molar-refractivity contribution in [3.63, 3.8) is 0 Å². The number of hydrogen-bond donors (Lipinski definition) is 1. The maximum atomic E-state index is 12.2. The number of methoxy groups -OCH3 is 2. The summed E-state index contributed by atoms with van der Waals surface area (Å²) in [5, 5.41) is 11.1. The lowest BCUT2D eigenvalue weighted by molar-refractivity contribution is -0.120. The lowest BCUT2D eigenvalue weighted by atomic mass is 10.1. The first-order valence-electron chi connectivity index (χ1n) is 10.3. The first kappa shape index (κ1) is 22.9. The number of aromatic nitrogens is 2. The highest BCUT2D eigenvalue weighted by molar-refractivity contribution is 5.78. The molecule has 1 heterocycles. The molecule has 0 bridgehead atoms. The average molecular weight is 437 g/mol. The summed E-state index contributed by atoms with van der Waals surface area (Å²) in [7, 11) is 3.13. The van der Waals surface area contributed by atoms with Gasteiger partial charge in [-0.2, -0.15) is 0 Å². The highest BCUT2D eigenvalue weighted by atomic mass is 16.5. The van der Waals surface area contributed by atoms with Crippen LogP contribution in [0.15, 0.2) is 54.6 Å². The second-order valence-electron chi connectivity index (χ2n) is 6.78. The summed E-state index contributed by atoms with van der Waals surface area (Å²) in [5.74, 6) is 2.32. The number of nitrogens with one attached hydrogen (secondary N) is 1. The van der Waals surface area contributed by atoms with Gasteiger partial charge in [0.2, 0.25) is 11.8 Å². The monoisotopic (exact) mass is 437 g/mol. The minimum absolute atomic E-state index is 0.113. The van der Waals surface area contributed by atoms with Gasteiger partial charge in [-0.1, -0.05) is 6.07 Å². The van der Waals surface area contributed by atoms with Crippen LogP contribution in [0.2, 0.25) is 0 Å². The number of ether oxygens (including phenoxy) is 4. The van der Waals surface area contributed by atoms with Crippen molar-refractivity contribution in [3.05, 3.63) is 60.2 Å². The third-order valence-electron chi connectivity index (χ3n) is 4.59. The van der Waals surface area contributed by atoms with Gasteiger partial charge < -0.3 is 24.3 Å². The van der Waals surface area contributed by atoms with Crippen LogP contribution in [-0.4, -0.2) is 50.1 Å². The molecule has 0 saturated carbocycles. The van der Waals surface area contributed by atoms with Crippen molar-refractivity contribution in [2.75, 3.05) is 34.0 Å². The minimum atomic E-state index is -0.113. The molecule has 32 heavy (non-hydrogen) atoms. The van der Waals surface area contributed by atoms with E-state index in [1.165, 1.54) is 0 Å². The molecule has 168 valence electrons. The van der Waals surface area contributed by atoms with E-state index in [9.17, 15) is 4.79 Å². The molecule has 0 aliphatic heterocycles. The van der Waals surface area contributed by atoms with Crippen LogP contribution in [0.25, 0.3) is 11.3 Å². The second-order valence-corrected chi connectivity index (χ2v) is 6.78. The smallest absolute Gasteiger partial charge is 0.233 e. The Bertz CT molecular complexity index is 1010. The fourth-order valence-electron chi connectivity index (χ4n) is 3.02. The van der Waals surface area contributed by atoms with E-state index in [0.717, 1.165) is 22.6 Å². The highest BCUT2D eigenvalue weighted by Gasteiger charge is 2.08. The molecular formula is C24H27N3O5. The zero-order valence-electron chi connectivity index (χ0n) is 18.5. The summed E-state index contributed by atoms with van der Waals surface area (Å²) in [5.41, 5.74) is 2.51. The van der Waals surface area contributed by atoms with Crippen LogP contribution < -0.4 is 24.3 Å². The molecule has 2 aromatic carbocycles. The predicted octanol–water partition coefficient (Wildman–Crippen LogP) is 3.30. The molecule has 3 aromatic rings. The first-order valence-corrected chi connectivity index (χ1v) is 10.3. The van der Waals surface area contributed by atoms with Crippen LogP contribution in [-0.2, 0) is 11.2 Å². The molecule has 0 spiro atoms. The molecule has 0 saturated heterocycles. The molecule has 0 unspecified atom stereocenters. The van der Waals surface area contributed by atoms with Crippen LogP contribution in [0.5, 0.6) is 23.1 Å². The van der Waals surface area contributed by atoms with E-state index in [0.29, 0.717) is 30.5 Å². The average Bonchev–Trinajstić information content (AvgIpc) is 2.83. The number of carbonyl (C=O) groups is 1. The van der Waals surface area contributed by atoms with E-state index < -0.39 is 0 Å². The third kappa shape index (κ3) is 6.34. The van der Waals surface area contributed by atoms with Gasteiger partial charge >= 0.3 is 0 Å². The van der Waals surface area contributed by atoms with Crippen molar-refractivity contribution in [2.45, 2.75) is 13.3 Å². The molecule has 8 heteroatoms. The SMILES string of the molecule is CCOc1ccc(-c2ccc(OCCNC(=O)Cc3ccc(OC)c(OC)c3)nn2)cc1. The minimum Gasteiger partial charge on any atom is -0.494 e. The quantitative estimate of drug-likeness (QED) is 0.460. The van der Waals surface area contributed by atoms with E-state index in [2.05, 4.69) is 15.5 Å². The molecule has 0 aliphatic rings. The van der Waals surface area contributed by atoms with Crippen LogP contribution in [0, 0.1) is 0 Å². The molecule has 1 amide bonds. The fourth-order valence-corrected chi connectivity index (χ4v) is 3.02. The van der Waals surface area contributed by atoms with Crippen LogP contribution in [0.3, 0.4) is 0 Å². The summed E-state index contributed by atoms with van der Waals surface area (Å²) in [6.45, 7) is 3.22. The fraction of sp³-hybridized carbons (Fsp3) is 0.292. The predicted molar refractivity (Wildman–Crippen MR) is 120 cm³/mol. The van der Waals surface area contributed by atoms with Gasteiger partial charge in [0.15, 0.2) is 11.5 Å². The summed E-state index contributed by atoms with van der Waals surface area (Å²) in [4.78, 5) is 12.2. The molecule has 3 rings (SSSR count). The normalized spacial score (nSPS) is 10.3. The Labute approximate surface area is 187 Å². The summed E-state index contributed by atoms with van der Waals surface area (Å²) >= 11 is 0. The molecule has 8 nitrogen and oxygen atoms in total. The number of amides is 1. The summed E-state index contributed by atoms with van der Waals surface area (Å²) in [6.07, 6.45) is 0.233. The Morgan fingerprint density at radius 3 is 2.34 bits per heavy atom. The van der Waals surface area contributed by atoms with Crippen molar-refractivity contribution in [1.29, 1.82) is 0 Å². The van der Waals surface area contributed by atoms with Crippen molar-refractivity contribution in [1.82, 2.24) is 15.5 Å². The molecule has 0 aliphatic carbocycles. The molecule has 0 fully saturated rings. The number of hydrogen-bond acceptors (Lipinski definition) is 7. The van der Waals surface area contributed by atoms with Crippen molar-refractivity contribution in [3.8, 4) is 34.4 Å². The Kier molecular flexibility index (Phi) is 8.25. The summed E-state index contributed by atoms with van der Waals surface area (Å²) < 4.78 is 21.5. The van der Waals surface area contributed by atoms with Gasteiger partial charge in [0.25, 0.3) is 0 Å². The van der Waals surface area contributed by atoms with Gasteiger partial charge in [-0.15, -0.1) is 10.2 Å². The van der Waals surface area contributed by atoms with Crippen molar-refractivity contribution in [2.24, 2.45) is 0 Å². The van der Waals surface area contributed by atoms with Gasteiger partial charge in [0.1, 0.15) is 12.4 Å². The highest BCUT2D eigenvalue weighted by Crippen LogP contribution is 2.27. The van der Waals surface area contributed by atoms with Crippen LogP contribution >= 0.6 is 0 Å². The van der Waals surface area contributed by atoms with E-state index in [1.54, 1.807) is 32.4 Å². The molecular weight excluding hydrogens is 410 g/mol. The zero-order chi connectivity index (χ0) is 22.8. The third-order valence-corrected chi connectivity index (χ3v) is 4.59. The largest absolute Gasteiger partial charge is 0.494 e. The number of benzene rings is 2. The first-order chi connectivity index (χ1) is 15.6. The van der Waals surface area contributed by atoms with Gasteiger partial charge in [0.05, 0.1) is 39.5 Å². The topological polar surface area (TPSA) is 91.8 Å². The zero-order valence-corrected chi connectivity index (χ0v) is 18.5. The second kappa shape index (κ2) is 11.5. The van der Waals surface area contributed by atoms with Gasteiger partial charge in [-0.3, -0.25) is 4.79 Å². The Balaban J connectivity index is 1.43. The maximum Gasteiger partial charge on any atom is 0.233 e. The standard InChI is InChI=1S/C24H27N3O5/c1-4-31-19-8-6-18(7-9-19)20-10-12-24(27-26-20)32-14-13-25-23(28)16-17-5-11-21(29-2)22(15-17)30-3/h5-12,15H,4,13-14,16H2,1-3H3,(H,25,28). The lowest BCUT2D eigenvalue weighted by Crippen LogP contribution is -2.29. The number of nitrogens with zero attached hydrogens (tertiary/aromatic N) is 2. The molecule has 1 N–H and O–H groups in total. The van der Waals surface area contributed by atoms with Crippen molar-refractivity contribution < 1.29 is 23.7 Å². The van der Waals surface area contributed by atoms with Crippen molar-refractivity contribution >= 4 is 5.91 Å². The van der Waals surface area contributed by atoms with Crippen LogP contribution in [0.1, 0.15) is 12.5 Å².